The van der Waals surface area contributed by atoms with Crippen molar-refractivity contribution >= 4 is 5.91 Å². The van der Waals surface area contributed by atoms with Gasteiger partial charge in [0.05, 0.1) is 11.6 Å². The Morgan fingerprint density at radius 1 is 1.30 bits per heavy atom. The standard InChI is InChI=1S/C14H17F3N2O/c1-2-19-12(20)8-7-11(18)13(19)9-3-5-10(6-4-9)14(15,16)17/h3-6,11,13H,2,7-8,18H2,1H3. The number of rotatable bonds is 2. The van der Waals surface area contributed by atoms with E-state index < -0.39 is 11.7 Å². The van der Waals surface area contributed by atoms with Crippen molar-refractivity contribution in [2.24, 2.45) is 5.73 Å². The monoisotopic (exact) mass is 286 g/mol. The van der Waals surface area contributed by atoms with Gasteiger partial charge in [-0.25, -0.2) is 0 Å². The first-order valence-electron chi connectivity index (χ1n) is 6.56. The first-order valence-corrected chi connectivity index (χ1v) is 6.56. The summed E-state index contributed by atoms with van der Waals surface area (Å²) in [6.45, 7) is 2.34. The molecule has 2 unspecified atom stereocenters. The van der Waals surface area contributed by atoms with Crippen LogP contribution >= 0.6 is 0 Å². The van der Waals surface area contributed by atoms with Gasteiger partial charge in [-0.15, -0.1) is 0 Å². The molecule has 1 fully saturated rings. The third-order valence-corrected chi connectivity index (χ3v) is 3.67. The van der Waals surface area contributed by atoms with Crippen LogP contribution in [0.1, 0.15) is 36.9 Å². The molecule has 3 nitrogen and oxygen atoms in total. The van der Waals surface area contributed by atoms with Gasteiger partial charge in [0, 0.05) is 19.0 Å². The van der Waals surface area contributed by atoms with Gasteiger partial charge in [0.1, 0.15) is 0 Å². The Bertz CT molecular complexity index is 484. The fourth-order valence-electron chi connectivity index (χ4n) is 2.65. The minimum atomic E-state index is -4.35. The number of likely N-dealkylation sites (N-methyl/N-ethyl adjacent to an activating group) is 1. The second-order valence-electron chi connectivity index (χ2n) is 4.95. The number of amides is 1. The van der Waals surface area contributed by atoms with Gasteiger partial charge < -0.3 is 10.6 Å². The molecule has 2 rings (SSSR count). The summed E-state index contributed by atoms with van der Waals surface area (Å²) in [7, 11) is 0. The second-order valence-corrected chi connectivity index (χ2v) is 4.95. The fourth-order valence-corrected chi connectivity index (χ4v) is 2.65. The molecule has 0 spiro atoms. The summed E-state index contributed by atoms with van der Waals surface area (Å²) in [5, 5.41) is 0. The number of halogens is 3. The van der Waals surface area contributed by atoms with E-state index in [1.165, 1.54) is 12.1 Å². The van der Waals surface area contributed by atoms with E-state index in [2.05, 4.69) is 0 Å². The molecular weight excluding hydrogens is 269 g/mol. The summed E-state index contributed by atoms with van der Waals surface area (Å²) in [5.74, 6) is -0.000835. The summed E-state index contributed by atoms with van der Waals surface area (Å²) < 4.78 is 37.7. The number of piperidine rings is 1. The minimum Gasteiger partial charge on any atom is -0.334 e. The lowest BCUT2D eigenvalue weighted by molar-refractivity contribution is -0.138. The second kappa shape index (κ2) is 5.44. The highest BCUT2D eigenvalue weighted by molar-refractivity contribution is 5.77. The lowest BCUT2D eigenvalue weighted by Crippen LogP contribution is -2.48. The zero-order chi connectivity index (χ0) is 14.9. The third kappa shape index (κ3) is 2.80. The van der Waals surface area contributed by atoms with Crippen LogP contribution < -0.4 is 5.73 Å². The van der Waals surface area contributed by atoms with Gasteiger partial charge >= 0.3 is 6.18 Å². The van der Waals surface area contributed by atoms with Crippen LogP contribution in [0.2, 0.25) is 0 Å². The largest absolute Gasteiger partial charge is 0.416 e. The molecule has 0 aliphatic carbocycles. The molecular formula is C14H17F3N2O. The highest BCUT2D eigenvalue weighted by Crippen LogP contribution is 2.34. The van der Waals surface area contributed by atoms with E-state index in [0.29, 0.717) is 24.9 Å². The topological polar surface area (TPSA) is 46.3 Å². The summed E-state index contributed by atoms with van der Waals surface area (Å²) in [5.41, 5.74) is 6.01. The summed E-state index contributed by atoms with van der Waals surface area (Å²) >= 11 is 0. The van der Waals surface area contributed by atoms with E-state index in [4.69, 9.17) is 5.73 Å². The van der Waals surface area contributed by atoms with Crippen molar-refractivity contribution in [3.05, 3.63) is 35.4 Å². The van der Waals surface area contributed by atoms with Crippen molar-refractivity contribution in [2.75, 3.05) is 6.54 Å². The van der Waals surface area contributed by atoms with Crippen LogP contribution in [0, 0.1) is 0 Å². The number of likely N-dealkylation sites (tertiary alicyclic amines) is 1. The Balaban J connectivity index is 2.31. The highest BCUT2D eigenvalue weighted by atomic mass is 19.4. The number of hydrogen-bond acceptors (Lipinski definition) is 2. The first-order chi connectivity index (χ1) is 9.34. The molecule has 110 valence electrons. The molecule has 0 radical (unpaired) electrons. The number of alkyl halides is 3. The van der Waals surface area contributed by atoms with Gasteiger partial charge in [0.15, 0.2) is 0 Å². The van der Waals surface area contributed by atoms with Gasteiger partial charge in [-0.2, -0.15) is 13.2 Å². The zero-order valence-corrected chi connectivity index (χ0v) is 11.2. The Morgan fingerprint density at radius 3 is 2.40 bits per heavy atom. The Hall–Kier alpha value is -1.56. The van der Waals surface area contributed by atoms with Crippen LogP contribution in [0.15, 0.2) is 24.3 Å². The SMILES string of the molecule is CCN1C(=O)CCC(N)C1c1ccc(C(F)(F)F)cc1. The molecule has 1 aromatic rings. The van der Waals surface area contributed by atoms with Crippen LogP contribution in [-0.4, -0.2) is 23.4 Å². The molecule has 1 amide bonds. The Morgan fingerprint density at radius 2 is 1.90 bits per heavy atom. The molecule has 6 heteroatoms. The van der Waals surface area contributed by atoms with Crippen LogP contribution in [0.25, 0.3) is 0 Å². The number of nitrogens with zero attached hydrogens (tertiary/aromatic N) is 1. The van der Waals surface area contributed by atoms with Crippen LogP contribution in [0.3, 0.4) is 0 Å². The maximum absolute atomic E-state index is 12.6. The molecule has 1 aromatic carbocycles. The average Bonchev–Trinajstić information content (AvgIpc) is 2.40. The maximum atomic E-state index is 12.6. The molecule has 0 aromatic heterocycles. The molecule has 1 heterocycles. The average molecular weight is 286 g/mol. The molecule has 1 aliphatic heterocycles. The van der Waals surface area contributed by atoms with Gasteiger partial charge in [-0.1, -0.05) is 12.1 Å². The van der Waals surface area contributed by atoms with E-state index >= 15 is 0 Å². The molecule has 2 N–H and O–H groups in total. The van der Waals surface area contributed by atoms with E-state index in [1.807, 2.05) is 6.92 Å². The first kappa shape index (κ1) is 14.8. The number of nitrogens with two attached hydrogens (primary N) is 1. The van der Waals surface area contributed by atoms with Crippen LogP contribution in [0.4, 0.5) is 13.2 Å². The predicted molar refractivity (Wildman–Crippen MR) is 68.8 cm³/mol. The van der Waals surface area contributed by atoms with Crippen molar-refractivity contribution in [1.29, 1.82) is 0 Å². The lowest BCUT2D eigenvalue weighted by atomic mass is 9.90. The van der Waals surface area contributed by atoms with Crippen LogP contribution in [-0.2, 0) is 11.0 Å². The van der Waals surface area contributed by atoms with Crippen molar-refractivity contribution in [3.8, 4) is 0 Å². The predicted octanol–water partition coefficient (Wildman–Crippen LogP) is 2.72. The Labute approximate surface area is 115 Å². The molecule has 1 aliphatic rings. The van der Waals surface area contributed by atoms with Crippen molar-refractivity contribution in [3.63, 3.8) is 0 Å². The smallest absolute Gasteiger partial charge is 0.334 e. The molecule has 0 bridgehead atoms. The molecule has 2 atom stereocenters. The maximum Gasteiger partial charge on any atom is 0.416 e. The normalized spacial score (nSPS) is 24.1. The van der Waals surface area contributed by atoms with E-state index in [9.17, 15) is 18.0 Å². The summed E-state index contributed by atoms with van der Waals surface area (Å²) in [6, 6.07) is 4.31. The fraction of sp³-hybridized carbons (Fsp3) is 0.500. The Kier molecular flexibility index (Phi) is 4.04. The van der Waals surface area contributed by atoms with Gasteiger partial charge in [0.25, 0.3) is 0 Å². The van der Waals surface area contributed by atoms with Crippen LogP contribution in [0.5, 0.6) is 0 Å². The quantitative estimate of drug-likeness (QED) is 0.908. The summed E-state index contributed by atoms with van der Waals surface area (Å²) in [6.07, 6.45) is -3.40. The summed E-state index contributed by atoms with van der Waals surface area (Å²) in [4.78, 5) is 13.5. The van der Waals surface area contributed by atoms with E-state index in [-0.39, 0.29) is 18.0 Å². The highest BCUT2D eigenvalue weighted by Gasteiger charge is 2.35. The lowest BCUT2D eigenvalue weighted by Gasteiger charge is -2.39. The van der Waals surface area contributed by atoms with Crippen molar-refractivity contribution in [1.82, 2.24) is 4.90 Å². The number of carbonyl (C=O) groups excluding carboxylic acids is 1. The van der Waals surface area contributed by atoms with Gasteiger partial charge in [-0.3, -0.25) is 4.79 Å². The van der Waals surface area contributed by atoms with Gasteiger partial charge in [-0.05, 0) is 31.0 Å². The van der Waals surface area contributed by atoms with Gasteiger partial charge in [0.2, 0.25) is 5.91 Å². The number of benzene rings is 1. The third-order valence-electron chi connectivity index (χ3n) is 3.67. The van der Waals surface area contributed by atoms with Crippen molar-refractivity contribution < 1.29 is 18.0 Å². The van der Waals surface area contributed by atoms with E-state index in [1.54, 1.807) is 4.90 Å². The molecule has 20 heavy (non-hydrogen) atoms. The number of hydrogen-bond donors (Lipinski definition) is 1. The molecule has 0 saturated carbocycles. The van der Waals surface area contributed by atoms with E-state index in [0.717, 1.165) is 12.1 Å². The molecule has 1 saturated heterocycles. The zero-order valence-electron chi connectivity index (χ0n) is 11.2. The van der Waals surface area contributed by atoms with Crippen molar-refractivity contribution in [2.45, 2.75) is 38.0 Å². The number of carbonyl (C=O) groups is 1. The minimum absolute atomic E-state index is 0.000835.